The molecule has 2 aliphatic rings. The molecule has 8 nitrogen and oxygen atoms in total. The van der Waals surface area contributed by atoms with Gasteiger partial charge >= 0.3 is 0 Å². The minimum Gasteiger partial charge on any atom is -0.457 e. The van der Waals surface area contributed by atoms with Gasteiger partial charge in [0.1, 0.15) is 11.5 Å². The minimum atomic E-state index is -0.0656. The van der Waals surface area contributed by atoms with Crippen LogP contribution in [0.1, 0.15) is 67.7 Å². The fraction of sp³-hybridized carbons (Fsp3) is 0.432. The number of rotatable bonds is 9. The molecule has 238 valence electrons. The third kappa shape index (κ3) is 8.31. The highest BCUT2D eigenvalue weighted by Gasteiger charge is 2.25. The highest BCUT2D eigenvalue weighted by atomic mass is 16.5. The molecule has 1 N–H and O–H groups in total. The average molecular weight is 611 g/mol. The van der Waals surface area contributed by atoms with E-state index in [4.69, 9.17) is 14.6 Å². The van der Waals surface area contributed by atoms with Crippen LogP contribution in [0.3, 0.4) is 0 Å². The van der Waals surface area contributed by atoms with Crippen molar-refractivity contribution < 1.29 is 19.1 Å². The van der Waals surface area contributed by atoms with Crippen molar-refractivity contribution >= 4 is 11.8 Å². The zero-order valence-corrected chi connectivity index (χ0v) is 27.3. The number of nitrogens with zero attached hydrogens (tertiary/aromatic N) is 3. The van der Waals surface area contributed by atoms with Crippen molar-refractivity contribution in [2.24, 2.45) is 5.92 Å². The van der Waals surface area contributed by atoms with Gasteiger partial charge in [0, 0.05) is 57.0 Å². The predicted molar refractivity (Wildman–Crippen MR) is 177 cm³/mol. The molecule has 0 radical (unpaired) electrons. The molecule has 5 rings (SSSR count). The van der Waals surface area contributed by atoms with Crippen molar-refractivity contribution in [3.05, 3.63) is 100 Å². The number of carbonyl (C=O) groups is 2. The van der Waals surface area contributed by atoms with Crippen LogP contribution in [0.25, 0.3) is 0 Å². The average Bonchev–Trinajstić information content (AvgIpc) is 3.38. The molecule has 0 unspecified atom stereocenters. The van der Waals surface area contributed by atoms with Gasteiger partial charge in [-0.3, -0.25) is 14.3 Å². The maximum absolute atomic E-state index is 13.3. The molecule has 0 saturated carbocycles. The number of hydrogen-bond acceptors (Lipinski definition) is 5. The molecule has 0 spiro atoms. The summed E-state index contributed by atoms with van der Waals surface area (Å²) >= 11 is 0. The Labute approximate surface area is 267 Å². The maximum atomic E-state index is 13.3. The van der Waals surface area contributed by atoms with Gasteiger partial charge in [0.15, 0.2) is 0 Å². The number of amides is 2. The molecule has 1 saturated heterocycles. The van der Waals surface area contributed by atoms with Crippen LogP contribution in [0.4, 0.5) is 0 Å². The molecule has 0 atom stereocenters. The van der Waals surface area contributed by atoms with Gasteiger partial charge in [0.2, 0.25) is 0 Å². The summed E-state index contributed by atoms with van der Waals surface area (Å²) in [4.78, 5) is 27.9. The van der Waals surface area contributed by atoms with E-state index in [1.54, 1.807) is 7.11 Å². The molecule has 1 aliphatic carbocycles. The lowest BCUT2D eigenvalue weighted by atomic mass is 9.87. The fourth-order valence-electron chi connectivity index (χ4n) is 5.95. The summed E-state index contributed by atoms with van der Waals surface area (Å²) in [5.41, 5.74) is 6.01. The Morgan fingerprint density at radius 3 is 2.31 bits per heavy atom. The molecule has 1 aliphatic heterocycles. The molecular formula is C37H46N4O4. The molecule has 1 fully saturated rings. The number of piperidine rings is 1. The van der Waals surface area contributed by atoms with Crippen LogP contribution in [0, 0.1) is 5.92 Å². The Bertz CT molecular complexity index is 1540. The molecule has 2 aromatic carbocycles. The summed E-state index contributed by atoms with van der Waals surface area (Å²) in [6.07, 6.45) is 9.35. The number of aromatic nitrogens is 2. The summed E-state index contributed by atoms with van der Waals surface area (Å²) in [6.45, 7) is 11.9. The van der Waals surface area contributed by atoms with Crippen molar-refractivity contribution in [3.8, 4) is 11.5 Å². The van der Waals surface area contributed by atoms with E-state index in [1.165, 1.54) is 11.1 Å². The number of carbonyl (C=O) groups excluding carboxylic acids is 2. The lowest BCUT2D eigenvalue weighted by molar-refractivity contribution is -0.117. The van der Waals surface area contributed by atoms with E-state index in [0.29, 0.717) is 43.2 Å². The highest BCUT2D eigenvalue weighted by molar-refractivity contribution is 5.97. The monoisotopic (exact) mass is 610 g/mol. The van der Waals surface area contributed by atoms with E-state index < -0.39 is 0 Å². The lowest BCUT2D eigenvalue weighted by Gasteiger charge is -2.32. The van der Waals surface area contributed by atoms with Gasteiger partial charge < -0.3 is 19.7 Å². The highest BCUT2D eigenvalue weighted by Crippen LogP contribution is 2.28. The van der Waals surface area contributed by atoms with Crippen molar-refractivity contribution in [1.29, 1.82) is 0 Å². The van der Waals surface area contributed by atoms with Gasteiger partial charge in [-0.15, -0.1) is 0 Å². The second kappa shape index (κ2) is 14.3. The molecule has 2 heterocycles. The van der Waals surface area contributed by atoms with Crippen LogP contribution in [-0.2, 0) is 34.3 Å². The van der Waals surface area contributed by atoms with E-state index in [-0.39, 0.29) is 17.2 Å². The summed E-state index contributed by atoms with van der Waals surface area (Å²) < 4.78 is 13.1. The van der Waals surface area contributed by atoms with Gasteiger partial charge in [-0.25, -0.2) is 0 Å². The number of methoxy groups -OCH3 is 1. The summed E-state index contributed by atoms with van der Waals surface area (Å²) in [7, 11) is 1.62. The van der Waals surface area contributed by atoms with Gasteiger partial charge in [0.05, 0.1) is 12.3 Å². The smallest absolute Gasteiger partial charge is 0.253 e. The van der Waals surface area contributed by atoms with Gasteiger partial charge in [-0.2, -0.15) is 5.10 Å². The normalized spacial score (nSPS) is 18.1. The molecule has 45 heavy (non-hydrogen) atoms. The zero-order chi connectivity index (χ0) is 32.0. The predicted octanol–water partition coefficient (Wildman–Crippen LogP) is 6.26. The summed E-state index contributed by atoms with van der Waals surface area (Å²) in [5.74, 6) is 1.94. The Morgan fingerprint density at radius 1 is 1.00 bits per heavy atom. The number of nitrogens with one attached hydrogen (secondary N) is 1. The second-order valence-electron chi connectivity index (χ2n) is 13.2. The van der Waals surface area contributed by atoms with Crippen molar-refractivity contribution in [2.45, 2.75) is 65.3 Å². The van der Waals surface area contributed by atoms with Crippen LogP contribution >= 0.6 is 0 Å². The van der Waals surface area contributed by atoms with E-state index >= 15 is 0 Å². The van der Waals surface area contributed by atoms with Crippen molar-refractivity contribution in [3.63, 3.8) is 0 Å². The van der Waals surface area contributed by atoms with Crippen LogP contribution in [0.15, 0.2) is 78.0 Å². The molecule has 2 amide bonds. The SMILES string of the molecule is COCCNC(=O)C1=C(\C)Cc2cn(CC3CCN(C(=O)c4ccc(Oc5ccc(C(C)(C)C)cc5)cc4)CC3)nc2C/C=C\1. The third-order valence-corrected chi connectivity index (χ3v) is 8.68. The second-order valence-corrected chi connectivity index (χ2v) is 13.2. The topological polar surface area (TPSA) is 85.7 Å². The van der Waals surface area contributed by atoms with Crippen LogP contribution in [0.5, 0.6) is 11.5 Å². The zero-order valence-electron chi connectivity index (χ0n) is 27.3. The number of likely N-dealkylation sites (tertiary alicyclic amines) is 1. The Hall–Kier alpha value is -4.17. The lowest BCUT2D eigenvalue weighted by Crippen LogP contribution is -2.39. The molecular weight excluding hydrogens is 564 g/mol. The van der Waals surface area contributed by atoms with E-state index in [1.807, 2.05) is 60.4 Å². The number of hydrogen-bond donors (Lipinski definition) is 1. The van der Waals surface area contributed by atoms with Crippen LogP contribution < -0.4 is 10.1 Å². The molecule has 0 bridgehead atoms. The molecule has 1 aromatic heterocycles. The third-order valence-electron chi connectivity index (χ3n) is 8.68. The Balaban J connectivity index is 1.12. The summed E-state index contributed by atoms with van der Waals surface area (Å²) in [5, 5.41) is 7.83. The fourth-order valence-corrected chi connectivity index (χ4v) is 5.95. The minimum absolute atomic E-state index is 0.0627. The van der Waals surface area contributed by atoms with Gasteiger partial charge in [-0.1, -0.05) is 50.6 Å². The Kier molecular flexibility index (Phi) is 10.2. The number of allylic oxidation sites excluding steroid dienone is 2. The standard InChI is InChI=1S/C37H46N4O4/c1-26-23-29-25-41(39-34(29)8-6-7-33(26)35(42)38-19-22-44-5)24-27-17-20-40(21-18-27)36(43)28-9-13-31(14-10-28)45-32-15-11-30(12-16-32)37(2,3)4/h6-7,9-16,25,27H,8,17-24H2,1-5H3,(H,38,42)/b7-6-,33-26+. The maximum Gasteiger partial charge on any atom is 0.253 e. The first kappa shape index (κ1) is 32.2. The van der Waals surface area contributed by atoms with Crippen LogP contribution in [0.2, 0.25) is 0 Å². The summed E-state index contributed by atoms with van der Waals surface area (Å²) in [6, 6.07) is 15.6. The van der Waals surface area contributed by atoms with E-state index in [9.17, 15) is 9.59 Å². The molecule has 3 aromatic rings. The quantitative estimate of drug-likeness (QED) is 0.289. The Morgan fingerprint density at radius 2 is 1.67 bits per heavy atom. The first-order valence-corrected chi connectivity index (χ1v) is 16.0. The number of fused-ring (bicyclic) bond motifs is 1. The van der Waals surface area contributed by atoms with Gasteiger partial charge in [0.25, 0.3) is 11.8 Å². The van der Waals surface area contributed by atoms with Crippen molar-refractivity contribution in [2.75, 3.05) is 33.4 Å². The van der Waals surface area contributed by atoms with Gasteiger partial charge in [-0.05, 0) is 85.0 Å². The van der Waals surface area contributed by atoms with E-state index in [0.717, 1.165) is 55.1 Å². The van der Waals surface area contributed by atoms with Crippen molar-refractivity contribution in [1.82, 2.24) is 20.0 Å². The number of ether oxygens (including phenoxy) is 2. The first-order chi connectivity index (χ1) is 21.6. The largest absolute Gasteiger partial charge is 0.457 e. The number of benzene rings is 2. The van der Waals surface area contributed by atoms with E-state index in [2.05, 4.69) is 49.1 Å². The van der Waals surface area contributed by atoms with Crippen LogP contribution in [-0.4, -0.2) is 59.8 Å². The molecule has 8 heteroatoms. The first-order valence-electron chi connectivity index (χ1n) is 16.0.